The Morgan fingerprint density at radius 1 is 1.05 bits per heavy atom. The summed E-state index contributed by atoms with van der Waals surface area (Å²) in [5, 5.41) is -0.539. The normalized spacial score (nSPS) is 13.9. The molecule has 20 heavy (non-hydrogen) atoms. The number of rotatable bonds is 6. The van der Waals surface area contributed by atoms with Gasteiger partial charge >= 0.3 is 0 Å². The molecule has 1 aromatic rings. The largest absolute Gasteiger partial charge is 0.355 e. The Morgan fingerprint density at radius 3 is 2.00 bits per heavy atom. The molecule has 5 heteroatoms. The Labute approximate surface area is 123 Å². The number of nitrogens with one attached hydrogen (secondary N) is 1. The first-order valence-corrected chi connectivity index (χ1v) is 7.51. The van der Waals surface area contributed by atoms with Crippen molar-refractivity contribution in [3.8, 4) is 0 Å². The fourth-order valence-electron chi connectivity index (χ4n) is 2.19. The van der Waals surface area contributed by atoms with E-state index in [1.807, 2.05) is 0 Å². The number of aromatic nitrogens is 1. The van der Waals surface area contributed by atoms with Gasteiger partial charge in [-0.3, -0.25) is 14.4 Å². The highest BCUT2D eigenvalue weighted by atomic mass is 32.2. The molecule has 0 aliphatic heterocycles. The first kappa shape index (κ1) is 16.7. The minimum Gasteiger partial charge on any atom is -0.355 e. The SMILES string of the molecule is CC(=O)c1c(C)[nH]c(C(=O)C(C)SC(C)C(C)=O)c1C. The van der Waals surface area contributed by atoms with Crippen LogP contribution in [-0.4, -0.2) is 32.8 Å². The fraction of sp³-hybridized carbons (Fsp3) is 0.533. The van der Waals surface area contributed by atoms with Crippen molar-refractivity contribution in [1.29, 1.82) is 0 Å². The number of Topliss-reactive ketones (excluding diaryl/α,β-unsaturated/α-hetero) is 3. The molecule has 1 heterocycles. The lowest BCUT2D eigenvalue weighted by atomic mass is 10.0. The van der Waals surface area contributed by atoms with Crippen molar-refractivity contribution in [3.63, 3.8) is 0 Å². The number of hydrogen-bond donors (Lipinski definition) is 1. The molecule has 2 unspecified atom stereocenters. The van der Waals surface area contributed by atoms with Crippen LogP contribution in [0.1, 0.15) is 59.8 Å². The van der Waals surface area contributed by atoms with Crippen LogP contribution in [0.25, 0.3) is 0 Å². The van der Waals surface area contributed by atoms with E-state index in [1.54, 1.807) is 27.7 Å². The van der Waals surface area contributed by atoms with Crippen LogP contribution in [0.5, 0.6) is 0 Å². The van der Waals surface area contributed by atoms with E-state index in [1.165, 1.54) is 25.6 Å². The lowest BCUT2D eigenvalue weighted by Gasteiger charge is -2.13. The fourth-order valence-corrected chi connectivity index (χ4v) is 3.24. The standard InChI is InChI=1S/C15H21NO3S/c1-7-13(10(4)18)8(2)16-14(7)15(19)12(6)20-11(5)9(3)17/h11-12,16H,1-6H3. The average Bonchev–Trinajstić information content (AvgIpc) is 2.63. The molecule has 2 atom stereocenters. The van der Waals surface area contributed by atoms with Crippen molar-refractivity contribution in [2.75, 3.05) is 0 Å². The summed E-state index contributed by atoms with van der Waals surface area (Å²) in [7, 11) is 0. The highest BCUT2D eigenvalue weighted by molar-refractivity contribution is 8.01. The van der Waals surface area contributed by atoms with Gasteiger partial charge in [-0.2, -0.15) is 0 Å². The van der Waals surface area contributed by atoms with E-state index >= 15 is 0 Å². The second-order valence-electron chi connectivity index (χ2n) is 5.08. The number of carbonyl (C=O) groups excluding carboxylic acids is 3. The Hall–Kier alpha value is -1.36. The summed E-state index contributed by atoms with van der Waals surface area (Å²) in [4.78, 5) is 38.3. The maximum absolute atomic E-state index is 12.4. The molecule has 0 aliphatic carbocycles. The number of hydrogen-bond acceptors (Lipinski definition) is 4. The van der Waals surface area contributed by atoms with Crippen LogP contribution >= 0.6 is 11.8 Å². The third-order valence-corrected chi connectivity index (χ3v) is 4.75. The summed E-state index contributed by atoms with van der Waals surface area (Å²) in [6, 6.07) is 0. The zero-order chi connectivity index (χ0) is 15.6. The van der Waals surface area contributed by atoms with Crippen LogP contribution in [0.4, 0.5) is 0 Å². The Balaban J connectivity index is 3.01. The topological polar surface area (TPSA) is 67.0 Å². The van der Waals surface area contributed by atoms with Crippen LogP contribution in [0.15, 0.2) is 0 Å². The van der Waals surface area contributed by atoms with Gasteiger partial charge in [-0.05, 0) is 47.1 Å². The van der Waals surface area contributed by atoms with Gasteiger partial charge < -0.3 is 4.98 Å². The molecule has 0 aromatic carbocycles. The lowest BCUT2D eigenvalue weighted by molar-refractivity contribution is -0.116. The lowest BCUT2D eigenvalue weighted by Crippen LogP contribution is -2.21. The summed E-state index contributed by atoms with van der Waals surface area (Å²) in [6.07, 6.45) is 0. The van der Waals surface area contributed by atoms with Gasteiger partial charge in [-0.15, -0.1) is 11.8 Å². The van der Waals surface area contributed by atoms with Crippen LogP contribution < -0.4 is 0 Å². The summed E-state index contributed by atoms with van der Waals surface area (Å²) >= 11 is 1.34. The molecule has 1 aromatic heterocycles. The van der Waals surface area contributed by atoms with Crippen LogP contribution in [0, 0.1) is 13.8 Å². The average molecular weight is 295 g/mol. The minimum atomic E-state index is -0.328. The Kier molecular flexibility index (Phi) is 5.34. The highest BCUT2D eigenvalue weighted by Crippen LogP contribution is 2.25. The molecule has 0 fully saturated rings. The maximum atomic E-state index is 12.4. The van der Waals surface area contributed by atoms with E-state index in [0.717, 1.165) is 5.69 Å². The molecule has 4 nitrogen and oxygen atoms in total. The number of carbonyl (C=O) groups is 3. The molecule has 0 bridgehead atoms. The summed E-state index contributed by atoms with van der Waals surface area (Å²) in [5.74, 6) is -0.0672. The molecule has 0 spiro atoms. The minimum absolute atomic E-state index is 0.0484. The molecule has 1 N–H and O–H groups in total. The van der Waals surface area contributed by atoms with E-state index in [4.69, 9.17) is 0 Å². The zero-order valence-corrected chi connectivity index (χ0v) is 13.6. The number of aromatic amines is 1. The number of thioether (sulfide) groups is 1. The molecule has 0 saturated carbocycles. The molecule has 0 amide bonds. The van der Waals surface area contributed by atoms with Gasteiger partial charge in [0, 0.05) is 11.3 Å². The number of aryl methyl sites for hydroxylation is 1. The second kappa shape index (κ2) is 6.39. The van der Waals surface area contributed by atoms with Crippen molar-refractivity contribution >= 4 is 29.1 Å². The quantitative estimate of drug-likeness (QED) is 0.819. The van der Waals surface area contributed by atoms with Crippen LogP contribution in [-0.2, 0) is 4.79 Å². The van der Waals surface area contributed by atoms with Crippen molar-refractivity contribution in [1.82, 2.24) is 4.98 Å². The van der Waals surface area contributed by atoms with Crippen molar-refractivity contribution in [2.45, 2.75) is 52.0 Å². The van der Waals surface area contributed by atoms with E-state index < -0.39 is 0 Å². The van der Waals surface area contributed by atoms with Gasteiger partial charge in [0.15, 0.2) is 11.6 Å². The third kappa shape index (κ3) is 3.39. The van der Waals surface area contributed by atoms with E-state index in [-0.39, 0.29) is 27.8 Å². The third-order valence-electron chi connectivity index (χ3n) is 3.39. The molecule has 0 radical (unpaired) electrons. The van der Waals surface area contributed by atoms with Gasteiger partial charge in [-0.1, -0.05) is 0 Å². The number of H-pyrrole nitrogens is 1. The summed E-state index contributed by atoms with van der Waals surface area (Å²) in [5.41, 5.74) is 2.48. The molecule has 1 rings (SSSR count). The second-order valence-corrected chi connectivity index (χ2v) is 6.76. The Bertz CT molecular complexity index is 560. The van der Waals surface area contributed by atoms with Crippen molar-refractivity contribution in [3.05, 3.63) is 22.5 Å². The molecular weight excluding hydrogens is 274 g/mol. The predicted molar refractivity (Wildman–Crippen MR) is 81.8 cm³/mol. The number of ketones is 3. The highest BCUT2D eigenvalue weighted by Gasteiger charge is 2.25. The zero-order valence-electron chi connectivity index (χ0n) is 12.8. The van der Waals surface area contributed by atoms with E-state index in [9.17, 15) is 14.4 Å². The first-order valence-electron chi connectivity index (χ1n) is 6.57. The van der Waals surface area contributed by atoms with Gasteiger partial charge in [-0.25, -0.2) is 0 Å². The van der Waals surface area contributed by atoms with Crippen LogP contribution in [0.2, 0.25) is 0 Å². The molecule has 110 valence electrons. The van der Waals surface area contributed by atoms with E-state index in [0.29, 0.717) is 16.8 Å². The van der Waals surface area contributed by atoms with Gasteiger partial charge in [0.25, 0.3) is 0 Å². The first-order chi connectivity index (χ1) is 9.16. The van der Waals surface area contributed by atoms with Crippen molar-refractivity contribution < 1.29 is 14.4 Å². The molecular formula is C15H21NO3S. The van der Waals surface area contributed by atoms with Crippen LogP contribution in [0.3, 0.4) is 0 Å². The summed E-state index contributed by atoms with van der Waals surface area (Å²) in [6.45, 7) is 10.2. The smallest absolute Gasteiger partial charge is 0.191 e. The van der Waals surface area contributed by atoms with Gasteiger partial charge in [0.2, 0.25) is 0 Å². The predicted octanol–water partition coefficient (Wildman–Crippen LogP) is 3.12. The molecule has 0 aliphatic rings. The van der Waals surface area contributed by atoms with E-state index in [2.05, 4.69) is 4.98 Å². The van der Waals surface area contributed by atoms with Gasteiger partial charge in [0.1, 0.15) is 5.78 Å². The monoisotopic (exact) mass is 295 g/mol. The summed E-state index contributed by atoms with van der Waals surface area (Å²) < 4.78 is 0. The Morgan fingerprint density at radius 2 is 1.60 bits per heavy atom. The van der Waals surface area contributed by atoms with Crippen molar-refractivity contribution in [2.24, 2.45) is 0 Å². The van der Waals surface area contributed by atoms with Gasteiger partial charge in [0.05, 0.1) is 16.2 Å². The maximum Gasteiger partial charge on any atom is 0.191 e. The molecule has 0 saturated heterocycles.